The minimum Gasteiger partial charge on any atom is -0.349 e. The van der Waals surface area contributed by atoms with Crippen molar-refractivity contribution in [2.24, 2.45) is 0 Å². The number of rotatable bonds is 7. The van der Waals surface area contributed by atoms with E-state index in [2.05, 4.69) is 15.3 Å². The number of para-hydroxylation sites is 1. The third kappa shape index (κ3) is 4.28. The number of nitrogens with zero attached hydrogens (tertiary/aromatic N) is 2. The van der Waals surface area contributed by atoms with E-state index >= 15 is 0 Å². The van der Waals surface area contributed by atoms with Crippen molar-refractivity contribution in [3.05, 3.63) is 75.2 Å². The number of H-pyrrole nitrogens is 1. The van der Waals surface area contributed by atoms with Gasteiger partial charge in [0.1, 0.15) is 6.04 Å². The molecule has 3 rings (SSSR count). The molecule has 0 spiro atoms. The van der Waals surface area contributed by atoms with Crippen molar-refractivity contribution >= 4 is 28.6 Å². The number of carbonyl (C=O) groups excluding carboxylic acids is 1. The molecule has 3 aromatic rings. The lowest BCUT2D eigenvalue weighted by Crippen LogP contribution is -2.44. The number of amides is 1. The SMILES string of the molecule is CSCCC(C(=O)NCc1ccccn1)n1c(=O)[nH]c2ccccc2c1=O. The van der Waals surface area contributed by atoms with Gasteiger partial charge in [0, 0.05) is 6.20 Å². The van der Waals surface area contributed by atoms with Gasteiger partial charge in [-0.25, -0.2) is 9.36 Å². The van der Waals surface area contributed by atoms with Crippen LogP contribution in [0.2, 0.25) is 0 Å². The molecule has 1 unspecified atom stereocenters. The Morgan fingerprint density at radius 2 is 2.00 bits per heavy atom. The zero-order valence-corrected chi connectivity index (χ0v) is 15.7. The fourth-order valence-electron chi connectivity index (χ4n) is 2.86. The zero-order valence-electron chi connectivity index (χ0n) is 14.8. The predicted molar refractivity (Wildman–Crippen MR) is 107 cm³/mol. The first kappa shape index (κ1) is 18.9. The molecule has 1 amide bonds. The van der Waals surface area contributed by atoms with Crippen LogP contribution in [0.5, 0.6) is 0 Å². The molecule has 140 valence electrons. The van der Waals surface area contributed by atoms with E-state index in [1.54, 1.807) is 54.4 Å². The molecule has 1 atom stereocenters. The van der Waals surface area contributed by atoms with Crippen molar-refractivity contribution < 1.29 is 4.79 Å². The van der Waals surface area contributed by atoms with Crippen molar-refractivity contribution in [2.75, 3.05) is 12.0 Å². The van der Waals surface area contributed by atoms with Gasteiger partial charge in [0.25, 0.3) is 5.56 Å². The maximum absolute atomic E-state index is 12.9. The molecule has 0 aliphatic heterocycles. The molecule has 2 N–H and O–H groups in total. The van der Waals surface area contributed by atoms with Gasteiger partial charge in [-0.3, -0.25) is 14.6 Å². The maximum atomic E-state index is 12.9. The molecule has 0 aliphatic carbocycles. The largest absolute Gasteiger partial charge is 0.349 e. The van der Waals surface area contributed by atoms with Gasteiger partial charge in [-0.1, -0.05) is 18.2 Å². The van der Waals surface area contributed by atoms with E-state index in [4.69, 9.17) is 0 Å². The average molecular weight is 384 g/mol. The van der Waals surface area contributed by atoms with Gasteiger partial charge in [-0.15, -0.1) is 0 Å². The molecule has 2 heterocycles. The molecule has 0 bridgehead atoms. The molecular formula is C19H20N4O3S. The van der Waals surface area contributed by atoms with Gasteiger partial charge in [-0.2, -0.15) is 11.8 Å². The smallest absolute Gasteiger partial charge is 0.329 e. The molecule has 1 aromatic carbocycles. The molecule has 8 heteroatoms. The van der Waals surface area contributed by atoms with E-state index in [0.717, 1.165) is 4.57 Å². The first-order valence-corrected chi connectivity index (χ1v) is 9.91. The summed E-state index contributed by atoms with van der Waals surface area (Å²) in [6.07, 6.45) is 3.93. The average Bonchev–Trinajstić information content (AvgIpc) is 2.69. The molecule has 0 aliphatic rings. The summed E-state index contributed by atoms with van der Waals surface area (Å²) in [6, 6.07) is 11.3. The molecule has 0 saturated carbocycles. The fourth-order valence-corrected chi connectivity index (χ4v) is 3.32. The highest BCUT2D eigenvalue weighted by molar-refractivity contribution is 7.98. The highest BCUT2D eigenvalue weighted by Gasteiger charge is 2.24. The second-order valence-corrected chi connectivity index (χ2v) is 6.97. The molecule has 27 heavy (non-hydrogen) atoms. The fraction of sp³-hybridized carbons (Fsp3) is 0.263. The zero-order chi connectivity index (χ0) is 19.2. The van der Waals surface area contributed by atoms with E-state index < -0.39 is 17.3 Å². The first-order valence-electron chi connectivity index (χ1n) is 8.52. The van der Waals surface area contributed by atoms with Crippen molar-refractivity contribution in [2.45, 2.75) is 19.0 Å². The van der Waals surface area contributed by atoms with Crippen molar-refractivity contribution in [1.82, 2.24) is 19.9 Å². The van der Waals surface area contributed by atoms with Gasteiger partial charge in [-0.05, 0) is 42.7 Å². The summed E-state index contributed by atoms with van der Waals surface area (Å²) >= 11 is 1.55. The standard InChI is InChI=1S/C19H20N4O3S/c1-27-11-9-16(17(24)21-12-13-6-4-5-10-20-13)23-18(25)14-7-2-3-8-15(14)22-19(23)26/h2-8,10,16H,9,11-12H2,1H3,(H,21,24)(H,22,26). The highest BCUT2D eigenvalue weighted by atomic mass is 32.2. The lowest BCUT2D eigenvalue weighted by atomic mass is 10.2. The number of thioether (sulfide) groups is 1. The van der Waals surface area contributed by atoms with E-state index in [1.165, 1.54) is 0 Å². The summed E-state index contributed by atoms with van der Waals surface area (Å²) in [4.78, 5) is 45.1. The Balaban J connectivity index is 1.95. The third-order valence-corrected chi connectivity index (χ3v) is 4.86. The minimum atomic E-state index is -0.887. The monoisotopic (exact) mass is 384 g/mol. The van der Waals surface area contributed by atoms with Crippen molar-refractivity contribution in [3.63, 3.8) is 0 Å². The van der Waals surface area contributed by atoms with Gasteiger partial charge >= 0.3 is 5.69 Å². The maximum Gasteiger partial charge on any atom is 0.329 e. The van der Waals surface area contributed by atoms with Crippen LogP contribution in [0.3, 0.4) is 0 Å². The van der Waals surface area contributed by atoms with E-state index in [1.807, 2.05) is 12.3 Å². The molecule has 7 nitrogen and oxygen atoms in total. The normalized spacial score (nSPS) is 12.0. The van der Waals surface area contributed by atoms with E-state index in [0.29, 0.717) is 28.8 Å². The Kier molecular flexibility index (Phi) is 6.08. The van der Waals surface area contributed by atoms with Crippen molar-refractivity contribution in [1.29, 1.82) is 0 Å². The predicted octanol–water partition coefficient (Wildman–Crippen LogP) is 1.70. The van der Waals surface area contributed by atoms with Crippen LogP contribution in [0.25, 0.3) is 10.9 Å². The second-order valence-electron chi connectivity index (χ2n) is 5.99. The molecule has 0 fully saturated rings. The van der Waals surface area contributed by atoms with Crippen LogP contribution in [0.4, 0.5) is 0 Å². The summed E-state index contributed by atoms with van der Waals surface area (Å²) in [5, 5.41) is 3.16. The second kappa shape index (κ2) is 8.68. The summed E-state index contributed by atoms with van der Waals surface area (Å²) in [7, 11) is 0. The molecular weight excluding hydrogens is 364 g/mol. The topological polar surface area (TPSA) is 96.8 Å². The number of carbonyl (C=O) groups is 1. The minimum absolute atomic E-state index is 0.232. The third-order valence-electron chi connectivity index (χ3n) is 4.22. The number of hydrogen-bond acceptors (Lipinski definition) is 5. The molecule has 2 aromatic heterocycles. The van der Waals surface area contributed by atoms with Crippen molar-refractivity contribution in [3.8, 4) is 0 Å². The highest BCUT2D eigenvalue weighted by Crippen LogP contribution is 2.13. The van der Waals surface area contributed by atoms with Gasteiger partial charge in [0.15, 0.2) is 0 Å². The summed E-state index contributed by atoms with van der Waals surface area (Å²) < 4.78 is 1.02. The summed E-state index contributed by atoms with van der Waals surface area (Å²) in [6.45, 7) is 0.232. The van der Waals surface area contributed by atoms with Crippen LogP contribution in [-0.2, 0) is 11.3 Å². The number of nitrogens with one attached hydrogen (secondary N) is 2. The van der Waals surface area contributed by atoms with Crippen LogP contribution in [0, 0.1) is 0 Å². The Morgan fingerprint density at radius 1 is 1.22 bits per heavy atom. The number of fused-ring (bicyclic) bond motifs is 1. The summed E-state index contributed by atoms with van der Waals surface area (Å²) in [5.41, 5.74) is 0.113. The quantitative estimate of drug-likeness (QED) is 0.646. The van der Waals surface area contributed by atoms with Gasteiger partial charge in [0.2, 0.25) is 5.91 Å². The summed E-state index contributed by atoms with van der Waals surface area (Å²) in [5.74, 6) is 0.262. The number of pyridine rings is 1. The van der Waals surface area contributed by atoms with Crippen LogP contribution < -0.4 is 16.6 Å². The van der Waals surface area contributed by atoms with Gasteiger partial charge in [0.05, 0.1) is 23.1 Å². The number of aromatic amines is 1. The van der Waals surface area contributed by atoms with Crippen LogP contribution in [0.1, 0.15) is 18.2 Å². The Bertz CT molecular complexity index is 1050. The van der Waals surface area contributed by atoms with Crippen LogP contribution in [-0.4, -0.2) is 32.5 Å². The van der Waals surface area contributed by atoms with Crippen LogP contribution >= 0.6 is 11.8 Å². The number of hydrogen-bond donors (Lipinski definition) is 2. The van der Waals surface area contributed by atoms with E-state index in [9.17, 15) is 14.4 Å². The number of benzene rings is 1. The number of aromatic nitrogens is 3. The Hall–Kier alpha value is -2.87. The lowest BCUT2D eigenvalue weighted by Gasteiger charge is -2.18. The Labute approximate surface area is 159 Å². The lowest BCUT2D eigenvalue weighted by molar-refractivity contribution is -0.124. The van der Waals surface area contributed by atoms with E-state index in [-0.39, 0.29) is 12.5 Å². The molecule has 0 radical (unpaired) electrons. The van der Waals surface area contributed by atoms with Crippen LogP contribution in [0.15, 0.2) is 58.3 Å². The Morgan fingerprint density at radius 3 is 2.74 bits per heavy atom. The van der Waals surface area contributed by atoms with Gasteiger partial charge < -0.3 is 10.3 Å². The first-order chi connectivity index (χ1) is 13.1. The molecule has 0 saturated heterocycles.